The average Bonchev–Trinajstić information content (AvgIpc) is 2.75. The maximum absolute atomic E-state index is 12.4. The van der Waals surface area contributed by atoms with Crippen LogP contribution in [0.1, 0.15) is 22.3 Å². The SMILES string of the molecule is NN=C(C=Nc1ccc(C(=O)NCCCO)cc1)c1cc2ccccc2[nH]c1=O. The number of pyridine rings is 1. The highest BCUT2D eigenvalue weighted by atomic mass is 16.3. The molecule has 3 aromatic rings. The summed E-state index contributed by atoms with van der Waals surface area (Å²) in [6.07, 6.45) is 1.92. The maximum atomic E-state index is 12.4. The lowest BCUT2D eigenvalue weighted by Crippen LogP contribution is -2.24. The molecule has 0 saturated heterocycles. The van der Waals surface area contributed by atoms with E-state index in [-0.39, 0.29) is 23.8 Å². The van der Waals surface area contributed by atoms with Crippen molar-refractivity contribution >= 4 is 34.4 Å². The number of aromatic amines is 1. The summed E-state index contributed by atoms with van der Waals surface area (Å²) in [5.74, 6) is 5.26. The number of nitrogens with one attached hydrogen (secondary N) is 2. The molecule has 8 heteroatoms. The number of carbonyl (C=O) groups excluding carboxylic acids is 1. The zero-order valence-electron chi connectivity index (χ0n) is 15.6. The van der Waals surface area contributed by atoms with Gasteiger partial charge in [-0.15, -0.1) is 0 Å². The van der Waals surface area contributed by atoms with Crippen LogP contribution in [0.2, 0.25) is 0 Å². The van der Waals surface area contributed by atoms with Gasteiger partial charge in [-0.2, -0.15) is 5.10 Å². The third-order valence-corrected chi connectivity index (χ3v) is 4.25. The summed E-state index contributed by atoms with van der Waals surface area (Å²) in [4.78, 5) is 31.4. The molecule has 0 saturated carbocycles. The first-order valence-corrected chi connectivity index (χ1v) is 9.06. The molecule has 148 valence electrons. The minimum Gasteiger partial charge on any atom is -0.396 e. The van der Waals surface area contributed by atoms with Gasteiger partial charge in [0, 0.05) is 24.2 Å². The number of hydrazone groups is 1. The lowest BCUT2D eigenvalue weighted by atomic mass is 10.1. The molecule has 0 bridgehead atoms. The van der Waals surface area contributed by atoms with E-state index in [1.807, 2.05) is 24.3 Å². The summed E-state index contributed by atoms with van der Waals surface area (Å²) in [7, 11) is 0. The number of H-pyrrole nitrogens is 1. The van der Waals surface area contributed by atoms with E-state index in [1.165, 1.54) is 6.21 Å². The van der Waals surface area contributed by atoms with Gasteiger partial charge in [-0.25, -0.2) is 0 Å². The number of fused-ring (bicyclic) bond motifs is 1. The third kappa shape index (κ3) is 4.94. The molecule has 0 radical (unpaired) electrons. The molecular formula is C21H21N5O3. The highest BCUT2D eigenvalue weighted by molar-refractivity contribution is 6.38. The normalized spacial score (nSPS) is 11.8. The van der Waals surface area contributed by atoms with Crippen LogP contribution in [0.5, 0.6) is 0 Å². The van der Waals surface area contributed by atoms with E-state index in [1.54, 1.807) is 30.3 Å². The van der Waals surface area contributed by atoms with Crippen molar-refractivity contribution in [3.63, 3.8) is 0 Å². The van der Waals surface area contributed by atoms with E-state index in [0.717, 1.165) is 10.9 Å². The molecule has 3 rings (SSSR count). The molecule has 1 amide bonds. The Labute approximate surface area is 166 Å². The molecule has 0 spiro atoms. The number of carbonyl (C=O) groups is 1. The first-order chi connectivity index (χ1) is 14.1. The van der Waals surface area contributed by atoms with Crippen molar-refractivity contribution in [1.82, 2.24) is 10.3 Å². The van der Waals surface area contributed by atoms with Gasteiger partial charge >= 0.3 is 0 Å². The molecule has 1 aromatic heterocycles. The van der Waals surface area contributed by atoms with Gasteiger partial charge in [0.25, 0.3) is 11.5 Å². The molecule has 0 aliphatic heterocycles. The fourth-order valence-electron chi connectivity index (χ4n) is 2.73. The molecule has 0 aliphatic rings. The summed E-state index contributed by atoms with van der Waals surface area (Å²) in [5, 5.41) is 16.0. The van der Waals surface area contributed by atoms with Gasteiger partial charge in [-0.1, -0.05) is 18.2 Å². The third-order valence-electron chi connectivity index (χ3n) is 4.25. The molecule has 0 fully saturated rings. The predicted octanol–water partition coefficient (Wildman–Crippen LogP) is 1.71. The Balaban J connectivity index is 1.77. The van der Waals surface area contributed by atoms with E-state index >= 15 is 0 Å². The molecular weight excluding hydrogens is 370 g/mol. The Morgan fingerprint density at radius 3 is 2.66 bits per heavy atom. The Hall–Kier alpha value is -3.78. The van der Waals surface area contributed by atoms with Gasteiger partial charge in [-0.05, 0) is 48.2 Å². The number of nitrogens with zero attached hydrogens (tertiary/aromatic N) is 2. The number of para-hydroxylation sites is 1. The number of hydrogen-bond donors (Lipinski definition) is 4. The fourth-order valence-corrected chi connectivity index (χ4v) is 2.73. The van der Waals surface area contributed by atoms with Gasteiger partial charge in [0.15, 0.2) is 0 Å². The number of amides is 1. The Kier molecular flexibility index (Phi) is 6.49. The van der Waals surface area contributed by atoms with Crippen molar-refractivity contribution in [3.8, 4) is 0 Å². The number of aliphatic hydroxyl groups is 1. The molecule has 8 nitrogen and oxygen atoms in total. The summed E-state index contributed by atoms with van der Waals surface area (Å²) in [6.45, 7) is 0.435. The second kappa shape index (κ2) is 9.43. The summed E-state index contributed by atoms with van der Waals surface area (Å²) in [6, 6.07) is 15.8. The zero-order valence-corrected chi connectivity index (χ0v) is 15.6. The largest absolute Gasteiger partial charge is 0.396 e. The first kappa shape index (κ1) is 20.0. The minimum absolute atomic E-state index is 0.0268. The Morgan fingerprint density at radius 2 is 1.93 bits per heavy atom. The predicted molar refractivity (Wildman–Crippen MR) is 114 cm³/mol. The molecule has 0 unspecified atom stereocenters. The lowest BCUT2D eigenvalue weighted by molar-refractivity contribution is 0.0951. The molecule has 29 heavy (non-hydrogen) atoms. The zero-order chi connectivity index (χ0) is 20.6. The van der Waals surface area contributed by atoms with Gasteiger partial charge < -0.3 is 21.2 Å². The van der Waals surface area contributed by atoms with E-state index in [4.69, 9.17) is 10.9 Å². The van der Waals surface area contributed by atoms with Crippen molar-refractivity contribution in [2.75, 3.05) is 13.2 Å². The standard InChI is InChI=1S/C21H21N5O3/c22-26-19(17-12-15-4-1-2-5-18(15)25-21(17)29)13-24-16-8-6-14(7-9-16)20(28)23-10-3-11-27/h1-2,4-9,12-13,27H,3,10-11,22H2,(H,23,28)(H,25,29). The van der Waals surface area contributed by atoms with Crippen molar-refractivity contribution in [2.45, 2.75) is 6.42 Å². The fraction of sp³-hybridized carbons (Fsp3) is 0.143. The number of hydrogen-bond acceptors (Lipinski definition) is 6. The molecule has 0 aliphatic carbocycles. The number of aliphatic hydroxyl groups excluding tert-OH is 1. The van der Waals surface area contributed by atoms with E-state index in [9.17, 15) is 9.59 Å². The summed E-state index contributed by atoms with van der Waals surface area (Å²) in [5.41, 5.74) is 2.03. The van der Waals surface area contributed by atoms with Crippen molar-refractivity contribution in [2.24, 2.45) is 15.9 Å². The lowest BCUT2D eigenvalue weighted by Gasteiger charge is -2.04. The monoisotopic (exact) mass is 391 g/mol. The highest BCUT2D eigenvalue weighted by Gasteiger charge is 2.09. The minimum atomic E-state index is -0.311. The second-order valence-electron chi connectivity index (χ2n) is 6.25. The number of benzene rings is 2. The molecule has 2 aromatic carbocycles. The molecule has 1 heterocycles. The van der Waals surface area contributed by atoms with Crippen molar-refractivity contribution in [1.29, 1.82) is 0 Å². The maximum Gasteiger partial charge on any atom is 0.258 e. The van der Waals surface area contributed by atoms with Crippen molar-refractivity contribution in [3.05, 3.63) is 76.1 Å². The van der Waals surface area contributed by atoms with Gasteiger partial charge in [0.2, 0.25) is 0 Å². The summed E-state index contributed by atoms with van der Waals surface area (Å²) < 4.78 is 0. The second-order valence-corrected chi connectivity index (χ2v) is 6.25. The van der Waals surface area contributed by atoms with E-state index < -0.39 is 0 Å². The van der Waals surface area contributed by atoms with Crippen LogP contribution >= 0.6 is 0 Å². The van der Waals surface area contributed by atoms with Gasteiger partial charge in [0.05, 0.1) is 17.5 Å². The number of nitrogens with two attached hydrogens (primary N) is 1. The van der Waals surface area contributed by atoms with Gasteiger partial charge in [0.1, 0.15) is 5.71 Å². The Bertz CT molecular complexity index is 1120. The highest BCUT2D eigenvalue weighted by Crippen LogP contribution is 2.14. The smallest absolute Gasteiger partial charge is 0.258 e. The van der Waals surface area contributed by atoms with Crippen LogP contribution in [0.3, 0.4) is 0 Å². The van der Waals surface area contributed by atoms with Gasteiger partial charge in [-0.3, -0.25) is 14.6 Å². The van der Waals surface area contributed by atoms with Crippen LogP contribution < -0.4 is 16.7 Å². The number of rotatable bonds is 7. The topological polar surface area (TPSA) is 133 Å². The van der Waals surface area contributed by atoms with Crippen LogP contribution in [-0.4, -0.2) is 41.1 Å². The quantitative estimate of drug-likeness (QED) is 0.211. The van der Waals surface area contributed by atoms with Crippen LogP contribution in [-0.2, 0) is 0 Å². The van der Waals surface area contributed by atoms with Crippen LogP contribution in [0.25, 0.3) is 10.9 Å². The van der Waals surface area contributed by atoms with Crippen LogP contribution in [0.15, 0.2) is 69.5 Å². The van der Waals surface area contributed by atoms with Crippen LogP contribution in [0.4, 0.5) is 5.69 Å². The number of aliphatic imine (C=N–C) groups is 1. The first-order valence-electron chi connectivity index (χ1n) is 9.06. The molecule has 5 N–H and O–H groups in total. The Morgan fingerprint density at radius 1 is 1.17 bits per heavy atom. The van der Waals surface area contributed by atoms with E-state index in [2.05, 4.69) is 20.4 Å². The van der Waals surface area contributed by atoms with E-state index in [0.29, 0.717) is 29.8 Å². The van der Waals surface area contributed by atoms with Crippen LogP contribution in [0, 0.1) is 0 Å². The number of aromatic nitrogens is 1. The average molecular weight is 391 g/mol. The van der Waals surface area contributed by atoms with Crippen molar-refractivity contribution < 1.29 is 9.90 Å². The molecule has 0 atom stereocenters. The summed E-state index contributed by atoms with van der Waals surface area (Å²) >= 11 is 0.